The Morgan fingerprint density at radius 2 is 1.40 bits per heavy atom. The number of carbonyl (C=O) groups excluding carboxylic acids is 1. The molecule has 3 aromatic rings. The lowest BCUT2D eigenvalue weighted by atomic mass is 9.96. The molecule has 1 amide bonds. The summed E-state index contributed by atoms with van der Waals surface area (Å²) in [5.41, 5.74) is 6.99. The normalized spacial score (nSPS) is 12.5. The van der Waals surface area contributed by atoms with Crippen molar-refractivity contribution in [1.29, 1.82) is 0 Å². The van der Waals surface area contributed by atoms with Crippen LogP contribution >= 0.6 is 0 Å². The molecule has 35 heavy (non-hydrogen) atoms. The van der Waals surface area contributed by atoms with Gasteiger partial charge >= 0.3 is 0 Å². The number of nitrogens with zero attached hydrogens (tertiary/aromatic N) is 1. The summed E-state index contributed by atoms with van der Waals surface area (Å²) < 4.78 is 28.5. The molecule has 0 aliphatic heterocycles. The van der Waals surface area contributed by atoms with E-state index in [0.717, 1.165) is 27.8 Å². The Morgan fingerprint density at radius 3 is 1.97 bits per heavy atom. The molecule has 0 fully saturated rings. The molecule has 1 N–H and O–H groups in total. The number of aryl methyl sites for hydroxylation is 4. The Kier molecular flexibility index (Phi) is 8.06. The predicted octanol–water partition coefficient (Wildman–Crippen LogP) is 6.12. The van der Waals surface area contributed by atoms with Gasteiger partial charge in [0.25, 0.3) is 10.0 Å². The van der Waals surface area contributed by atoms with Gasteiger partial charge in [-0.25, -0.2) is 8.42 Å². The third-order valence-corrected chi connectivity index (χ3v) is 8.26. The highest BCUT2D eigenvalue weighted by Gasteiger charge is 2.28. The Morgan fingerprint density at radius 1 is 0.829 bits per heavy atom. The summed E-state index contributed by atoms with van der Waals surface area (Å²) in [6, 6.07) is 18.0. The van der Waals surface area contributed by atoms with Crippen LogP contribution in [0.4, 0.5) is 5.69 Å². The number of amides is 1. The first-order chi connectivity index (χ1) is 16.4. The van der Waals surface area contributed by atoms with Crippen LogP contribution in [0.3, 0.4) is 0 Å². The van der Waals surface area contributed by atoms with Gasteiger partial charge in [0.1, 0.15) is 6.54 Å². The Bertz CT molecular complexity index is 1300. The summed E-state index contributed by atoms with van der Waals surface area (Å²) in [6.07, 6.45) is 0. The third-order valence-electron chi connectivity index (χ3n) is 6.47. The van der Waals surface area contributed by atoms with E-state index in [2.05, 4.69) is 38.2 Å². The quantitative estimate of drug-likeness (QED) is 0.412. The molecule has 3 aromatic carbocycles. The minimum absolute atomic E-state index is 0.155. The second-order valence-corrected chi connectivity index (χ2v) is 11.5. The van der Waals surface area contributed by atoms with Crippen LogP contribution in [0, 0.1) is 27.7 Å². The molecule has 3 rings (SSSR count). The number of anilines is 1. The van der Waals surface area contributed by atoms with E-state index in [1.807, 2.05) is 39.8 Å². The van der Waals surface area contributed by atoms with Gasteiger partial charge in [-0.2, -0.15) is 0 Å². The van der Waals surface area contributed by atoms with Gasteiger partial charge in [0.05, 0.1) is 16.6 Å². The van der Waals surface area contributed by atoms with Crippen molar-refractivity contribution in [2.75, 3.05) is 10.8 Å². The van der Waals surface area contributed by atoms with Crippen LogP contribution in [0.2, 0.25) is 0 Å². The number of hydrogen-bond donors (Lipinski definition) is 1. The number of carbonyl (C=O) groups is 1. The molecule has 0 heterocycles. The first-order valence-corrected chi connectivity index (χ1v) is 13.4. The fourth-order valence-electron chi connectivity index (χ4n) is 4.12. The van der Waals surface area contributed by atoms with E-state index in [4.69, 9.17) is 0 Å². The van der Waals surface area contributed by atoms with Crippen molar-refractivity contribution >= 4 is 21.6 Å². The lowest BCUT2D eigenvalue weighted by Crippen LogP contribution is -2.41. The van der Waals surface area contributed by atoms with Gasteiger partial charge in [0.15, 0.2) is 0 Å². The molecule has 0 aromatic heterocycles. The molecule has 0 saturated heterocycles. The zero-order chi connectivity index (χ0) is 25.9. The molecule has 5 nitrogen and oxygen atoms in total. The van der Waals surface area contributed by atoms with Crippen LogP contribution in [0.1, 0.15) is 66.1 Å². The Labute approximate surface area is 210 Å². The second-order valence-electron chi connectivity index (χ2n) is 9.65. The number of benzene rings is 3. The van der Waals surface area contributed by atoms with Gasteiger partial charge < -0.3 is 5.32 Å². The monoisotopic (exact) mass is 492 g/mol. The SMILES string of the molecule is Cc1ccc(S(=O)(=O)N(CC(=O)NC(C)c2cc(C)c(C)cc2C)c2ccc(C(C)C)cc2)cc1. The fourth-order valence-corrected chi connectivity index (χ4v) is 5.54. The maximum atomic E-state index is 13.6. The molecule has 0 radical (unpaired) electrons. The zero-order valence-corrected chi connectivity index (χ0v) is 22.5. The maximum Gasteiger partial charge on any atom is 0.264 e. The van der Waals surface area contributed by atoms with Crippen LogP contribution in [-0.4, -0.2) is 20.9 Å². The first kappa shape index (κ1) is 26.5. The third kappa shape index (κ3) is 6.12. The fraction of sp³-hybridized carbons (Fsp3) is 0.345. The lowest BCUT2D eigenvalue weighted by molar-refractivity contribution is -0.120. The highest BCUT2D eigenvalue weighted by atomic mass is 32.2. The highest BCUT2D eigenvalue weighted by molar-refractivity contribution is 7.92. The summed E-state index contributed by atoms with van der Waals surface area (Å²) in [5.74, 6) is -0.0460. The van der Waals surface area contributed by atoms with E-state index < -0.39 is 10.0 Å². The average molecular weight is 493 g/mol. The topological polar surface area (TPSA) is 66.5 Å². The minimum Gasteiger partial charge on any atom is -0.348 e. The van der Waals surface area contributed by atoms with Gasteiger partial charge in [0.2, 0.25) is 5.91 Å². The standard InChI is InChI=1S/C29H36N2O3S/c1-19(2)25-10-12-26(13-11-25)31(35(33,34)27-14-8-20(3)9-15-27)18-29(32)30-24(7)28-17-22(5)21(4)16-23(28)6/h8-17,19,24H,18H2,1-7H3,(H,30,32). The van der Waals surface area contributed by atoms with Gasteiger partial charge in [-0.3, -0.25) is 9.10 Å². The second kappa shape index (κ2) is 10.6. The molecule has 0 aliphatic rings. The minimum atomic E-state index is -3.95. The van der Waals surface area contributed by atoms with Crippen LogP contribution in [0.15, 0.2) is 65.6 Å². The Balaban J connectivity index is 1.92. The number of rotatable bonds is 8. The summed E-state index contributed by atoms with van der Waals surface area (Å²) in [7, 11) is -3.95. The summed E-state index contributed by atoms with van der Waals surface area (Å²) in [5, 5.41) is 3.00. The van der Waals surface area contributed by atoms with Crippen molar-refractivity contribution in [3.05, 3.63) is 94.0 Å². The van der Waals surface area contributed by atoms with Gasteiger partial charge in [-0.05, 0) is 92.6 Å². The molecule has 0 spiro atoms. The van der Waals surface area contributed by atoms with Crippen molar-refractivity contribution in [1.82, 2.24) is 5.32 Å². The van der Waals surface area contributed by atoms with Crippen molar-refractivity contribution in [2.24, 2.45) is 0 Å². The average Bonchev–Trinajstić information content (AvgIpc) is 2.80. The smallest absolute Gasteiger partial charge is 0.264 e. The van der Waals surface area contributed by atoms with Gasteiger partial charge in [0, 0.05) is 0 Å². The molecule has 6 heteroatoms. The van der Waals surface area contributed by atoms with Crippen LogP contribution in [0.5, 0.6) is 0 Å². The molecule has 0 aliphatic carbocycles. The summed E-state index contributed by atoms with van der Waals surface area (Å²) >= 11 is 0. The largest absolute Gasteiger partial charge is 0.348 e. The number of sulfonamides is 1. The summed E-state index contributed by atoms with van der Waals surface area (Å²) in [6.45, 7) is 13.8. The number of hydrogen-bond acceptors (Lipinski definition) is 3. The Hall–Kier alpha value is -3.12. The first-order valence-electron chi connectivity index (χ1n) is 12.0. The maximum absolute atomic E-state index is 13.6. The predicted molar refractivity (Wildman–Crippen MR) is 143 cm³/mol. The van der Waals surface area contributed by atoms with Crippen molar-refractivity contribution in [3.63, 3.8) is 0 Å². The zero-order valence-electron chi connectivity index (χ0n) is 21.7. The molecule has 186 valence electrons. The summed E-state index contributed by atoms with van der Waals surface area (Å²) in [4.78, 5) is 13.3. The lowest BCUT2D eigenvalue weighted by Gasteiger charge is -2.26. The molecule has 1 atom stereocenters. The van der Waals surface area contributed by atoms with Crippen LogP contribution < -0.4 is 9.62 Å². The molecular weight excluding hydrogens is 456 g/mol. The van der Waals surface area contributed by atoms with Crippen molar-refractivity contribution in [3.8, 4) is 0 Å². The molecule has 0 saturated carbocycles. The van der Waals surface area contributed by atoms with Crippen LogP contribution in [0.25, 0.3) is 0 Å². The van der Waals surface area contributed by atoms with Gasteiger partial charge in [-0.15, -0.1) is 0 Å². The molecule has 0 bridgehead atoms. The van der Waals surface area contributed by atoms with E-state index >= 15 is 0 Å². The van der Waals surface area contributed by atoms with Crippen LogP contribution in [-0.2, 0) is 14.8 Å². The van der Waals surface area contributed by atoms with E-state index in [0.29, 0.717) is 11.6 Å². The van der Waals surface area contributed by atoms with Gasteiger partial charge in [-0.1, -0.05) is 55.8 Å². The van der Waals surface area contributed by atoms with E-state index in [-0.39, 0.29) is 23.4 Å². The van der Waals surface area contributed by atoms with E-state index in [9.17, 15) is 13.2 Å². The van der Waals surface area contributed by atoms with E-state index in [1.165, 1.54) is 9.87 Å². The molecule has 1 unspecified atom stereocenters. The highest BCUT2D eigenvalue weighted by Crippen LogP contribution is 2.27. The van der Waals surface area contributed by atoms with E-state index in [1.54, 1.807) is 36.4 Å². The van der Waals surface area contributed by atoms with Crippen molar-refractivity contribution < 1.29 is 13.2 Å². The number of nitrogens with one attached hydrogen (secondary N) is 1. The van der Waals surface area contributed by atoms with Crippen molar-refractivity contribution in [2.45, 2.75) is 65.3 Å². The molecular formula is C29H36N2O3S.